The van der Waals surface area contributed by atoms with E-state index in [0.29, 0.717) is 11.2 Å². The Morgan fingerprint density at radius 2 is 2.26 bits per heavy atom. The predicted octanol–water partition coefficient (Wildman–Crippen LogP) is 2.88. The van der Waals surface area contributed by atoms with Gasteiger partial charge in [-0.1, -0.05) is 23.2 Å². The maximum Gasteiger partial charge on any atom is 0.135 e. The quantitative estimate of drug-likeness (QED) is 0.851. The Balaban J connectivity index is 1.72. The minimum Gasteiger partial charge on any atom is -0.312 e. The lowest BCUT2D eigenvalue weighted by Gasteiger charge is -2.24. The second-order valence-corrected chi connectivity index (χ2v) is 6.44. The van der Waals surface area contributed by atoms with Crippen LogP contribution in [-0.2, 0) is 6.54 Å². The molecule has 0 aromatic carbocycles. The van der Waals surface area contributed by atoms with Gasteiger partial charge in [0.15, 0.2) is 0 Å². The molecule has 2 aliphatic rings. The van der Waals surface area contributed by atoms with Crippen molar-refractivity contribution in [3.05, 3.63) is 27.5 Å². The average Bonchev–Trinajstić information content (AvgIpc) is 2.76. The van der Waals surface area contributed by atoms with Gasteiger partial charge in [0.1, 0.15) is 5.15 Å². The van der Waals surface area contributed by atoms with Crippen molar-refractivity contribution in [3.63, 3.8) is 0 Å². The molecule has 1 N–H and O–H groups in total. The Kier molecular flexibility index (Phi) is 3.99. The highest BCUT2D eigenvalue weighted by Gasteiger charge is 2.34. The number of nitrogens with zero attached hydrogens (tertiary/aromatic N) is 2. The summed E-state index contributed by atoms with van der Waals surface area (Å²) in [5.41, 5.74) is 1.84. The van der Waals surface area contributed by atoms with Gasteiger partial charge >= 0.3 is 0 Å². The minimum absolute atomic E-state index is 0.549. The van der Waals surface area contributed by atoms with Crippen LogP contribution in [0.5, 0.6) is 0 Å². The van der Waals surface area contributed by atoms with Crippen LogP contribution < -0.4 is 5.32 Å². The maximum absolute atomic E-state index is 6.30. The summed E-state index contributed by atoms with van der Waals surface area (Å²) < 4.78 is 0. The number of pyridine rings is 1. The Morgan fingerprint density at radius 3 is 3.00 bits per heavy atom. The number of halogens is 2. The van der Waals surface area contributed by atoms with Crippen LogP contribution in [-0.4, -0.2) is 35.6 Å². The fraction of sp³-hybridized carbons (Fsp3) is 0.643. The molecule has 2 aliphatic heterocycles. The SMILES string of the molecule is Cc1cc(Cl)c(CN2C[C@@H]3CCCN[C@@H]3C2)c(Cl)n1. The molecule has 0 unspecified atom stereocenters. The second kappa shape index (κ2) is 5.57. The molecule has 0 bridgehead atoms. The monoisotopic (exact) mass is 299 g/mol. The predicted molar refractivity (Wildman–Crippen MR) is 78.8 cm³/mol. The Hall–Kier alpha value is -0.350. The molecule has 2 saturated heterocycles. The van der Waals surface area contributed by atoms with Gasteiger partial charge in [-0.2, -0.15) is 0 Å². The standard InChI is InChI=1S/C14H19Cl2N3/c1-9-5-12(15)11(14(16)18-9)7-19-6-10-3-2-4-17-13(10)8-19/h5,10,13,17H,2-4,6-8H2,1H3/t10-,13+/m0/s1. The summed E-state index contributed by atoms with van der Waals surface area (Å²) >= 11 is 12.5. The smallest absolute Gasteiger partial charge is 0.135 e. The average molecular weight is 300 g/mol. The number of aryl methyl sites for hydroxylation is 1. The topological polar surface area (TPSA) is 28.2 Å². The van der Waals surface area contributed by atoms with Gasteiger partial charge in [0.2, 0.25) is 0 Å². The summed E-state index contributed by atoms with van der Waals surface area (Å²) in [6, 6.07) is 2.54. The Morgan fingerprint density at radius 1 is 1.42 bits per heavy atom. The van der Waals surface area contributed by atoms with Gasteiger partial charge in [-0.25, -0.2) is 4.98 Å². The van der Waals surface area contributed by atoms with Gasteiger partial charge < -0.3 is 5.32 Å². The first-order valence-corrected chi connectivity index (χ1v) is 7.66. The zero-order valence-electron chi connectivity index (χ0n) is 11.1. The van der Waals surface area contributed by atoms with E-state index in [4.69, 9.17) is 23.2 Å². The molecule has 1 aromatic rings. The molecule has 2 fully saturated rings. The third-order valence-electron chi connectivity index (χ3n) is 4.20. The van der Waals surface area contributed by atoms with Crippen molar-refractivity contribution in [2.75, 3.05) is 19.6 Å². The first-order chi connectivity index (χ1) is 9.13. The lowest BCUT2D eigenvalue weighted by molar-refractivity contribution is 0.312. The van der Waals surface area contributed by atoms with Crippen LogP contribution in [0.4, 0.5) is 0 Å². The maximum atomic E-state index is 6.30. The van der Waals surface area contributed by atoms with Gasteiger partial charge in [0.25, 0.3) is 0 Å². The molecule has 3 heterocycles. The third kappa shape index (κ3) is 2.89. The second-order valence-electron chi connectivity index (χ2n) is 5.67. The molecule has 104 valence electrons. The highest BCUT2D eigenvalue weighted by atomic mass is 35.5. The van der Waals surface area contributed by atoms with Crippen molar-refractivity contribution in [2.45, 2.75) is 32.4 Å². The molecule has 0 saturated carbocycles. The number of nitrogens with one attached hydrogen (secondary N) is 1. The summed E-state index contributed by atoms with van der Waals surface area (Å²) in [4.78, 5) is 6.75. The minimum atomic E-state index is 0.549. The summed E-state index contributed by atoms with van der Waals surface area (Å²) in [5, 5.41) is 4.90. The Labute approximate surface area is 124 Å². The van der Waals surface area contributed by atoms with Gasteiger partial charge in [0.05, 0.1) is 0 Å². The molecule has 3 rings (SSSR count). The van der Waals surface area contributed by atoms with Crippen molar-refractivity contribution in [3.8, 4) is 0 Å². The molecular weight excluding hydrogens is 281 g/mol. The van der Waals surface area contributed by atoms with Crippen LogP contribution in [0.1, 0.15) is 24.1 Å². The molecule has 0 radical (unpaired) electrons. The number of rotatable bonds is 2. The molecule has 0 spiro atoms. The lowest BCUT2D eigenvalue weighted by atomic mass is 9.94. The first kappa shape index (κ1) is 13.6. The number of hydrogen-bond acceptors (Lipinski definition) is 3. The summed E-state index contributed by atoms with van der Waals surface area (Å²) in [7, 11) is 0. The van der Waals surface area contributed by atoms with E-state index in [1.165, 1.54) is 12.8 Å². The molecule has 0 aliphatic carbocycles. The molecular formula is C14H19Cl2N3. The van der Waals surface area contributed by atoms with Crippen LogP contribution in [0.25, 0.3) is 0 Å². The molecule has 5 heteroatoms. The highest BCUT2D eigenvalue weighted by molar-refractivity contribution is 6.35. The van der Waals surface area contributed by atoms with Crippen molar-refractivity contribution >= 4 is 23.2 Å². The highest BCUT2D eigenvalue weighted by Crippen LogP contribution is 2.30. The van der Waals surface area contributed by atoms with Crippen LogP contribution in [0, 0.1) is 12.8 Å². The van der Waals surface area contributed by atoms with E-state index in [-0.39, 0.29) is 0 Å². The van der Waals surface area contributed by atoms with E-state index in [0.717, 1.165) is 48.4 Å². The number of likely N-dealkylation sites (tertiary alicyclic amines) is 1. The van der Waals surface area contributed by atoms with E-state index < -0.39 is 0 Å². The summed E-state index contributed by atoms with van der Waals surface area (Å²) in [5.74, 6) is 0.782. The summed E-state index contributed by atoms with van der Waals surface area (Å²) in [6.45, 7) is 6.10. The van der Waals surface area contributed by atoms with Crippen molar-refractivity contribution in [1.82, 2.24) is 15.2 Å². The first-order valence-electron chi connectivity index (χ1n) is 6.91. The van der Waals surface area contributed by atoms with Gasteiger partial charge in [-0.05, 0) is 38.3 Å². The molecule has 0 amide bonds. The van der Waals surface area contributed by atoms with Crippen LogP contribution in [0.15, 0.2) is 6.07 Å². The fourth-order valence-electron chi connectivity index (χ4n) is 3.25. The van der Waals surface area contributed by atoms with Gasteiger partial charge in [0, 0.05) is 42.0 Å². The van der Waals surface area contributed by atoms with Crippen molar-refractivity contribution < 1.29 is 0 Å². The lowest BCUT2D eigenvalue weighted by Crippen LogP contribution is -2.40. The van der Waals surface area contributed by atoms with Crippen LogP contribution in [0.3, 0.4) is 0 Å². The number of hydrogen-bond donors (Lipinski definition) is 1. The largest absolute Gasteiger partial charge is 0.312 e. The van der Waals surface area contributed by atoms with E-state index in [1.807, 2.05) is 13.0 Å². The van der Waals surface area contributed by atoms with E-state index in [9.17, 15) is 0 Å². The molecule has 1 aromatic heterocycles. The van der Waals surface area contributed by atoms with E-state index in [2.05, 4.69) is 15.2 Å². The fourth-order valence-corrected chi connectivity index (χ4v) is 3.90. The van der Waals surface area contributed by atoms with Gasteiger partial charge in [-0.15, -0.1) is 0 Å². The molecule has 2 atom stereocenters. The Bertz CT molecular complexity index is 441. The van der Waals surface area contributed by atoms with Gasteiger partial charge in [-0.3, -0.25) is 4.90 Å². The van der Waals surface area contributed by atoms with E-state index >= 15 is 0 Å². The summed E-state index contributed by atoms with van der Waals surface area (Å²) in [6.07, 6.45) is 2.63. The van der Waals surface area contributed by atoms with Crippen LogP contribution in [0.2, 0.25) is 10.2 Å². The van der Waals surface area contributed by atoms with E-state index in [1.54, 1.807) is 0 Å². The number of piperidine rings is 1. The normalized spacial score (nSPS) is 27.5. The zero-order valence-corrected chi connectivity index (χ0v) is 12.6. The van der Waals surface area contributed by atoms with Crippen molar-refractivity contribution in [2.24, 2.45) is 5.92 Å². The third-order valence-corrected chi connectivity index (χ3v) is 4.85. The zero-order chi connectivity index (χ0) is 13.4. The van der Waals surface area contributed by atoms with Crippen LogP contribution >= 0.6 is 23.2 Å². The number of aromatic nitrogens is 1. The number of fused-ring (bicyclic) bond motifs is 1. The van der Waals surface area contributed by atoms with Crippen molar-refractivity contribution in [1.29, 1.82) is 0 Å². The molecule has 3 nitrogen and oxygen atoms in total. The molecule has 19 heavy (non-hydrogen) atoms.